The number of carbonyl (C=O) groups is 2. The number of carbonyl (C=O) groups excluding carboxylic acids is 2. The van der Waals surface area contributed by atoms with Crippen molar-refractivity contribution in [2.24, 2.45) is 10.2 Å². The van der Waals surface area contributed by atoms with E-state index in [1.54, 1.807) is 42.5 Å². The van der Waals surface area contributed by atoms with Crippen molar-refractivity contribution in [2.45, 2.75) is 0 Å². The van der Waals surface area contributed by atoms with Crippen molar-refractivity contribution in [3.63, 3.8) is 0 Å². The number of amides is 1. The first kappa shape index (κ1) is 13.6. The molecule has 0 radical (unpaired) electrons. The third-order valence-corrected chi connectivity index (χ3v) is 2.60. The van der Waals surface area contributed by atoms with Crippen LogP contribution >= 0.6 is 0 Å². The van der Waals surface area contributed by atoms with Crippen LogP contribution in [0.4, 0.5) is 0 Å². The number of ketones is 1. The Morgan fingerprint density at radius 3 is 2.30 bits per heavy atom. The third kappa shape index (κ3) is 3.35. The molecule has 0 saturated carbocycles. The molecule has 1 amide bonds. The lowest BCUT2D eigenvalue weighted by Gasteiger charge is -1.99. The summed E-state index contributed by atoms with van der Waals surface area (Å²) in [6.07, 6.45) is 0. The van der Waals surface area contributed by atoms with Crippen LogP contribution in [0.1, 0.15) is 20.7 Å². The van der Waals surface area contributed by atoms with Gasteiger partial charge in [0.1, 0.15) is 12.3 Å². The molecule has 100 valence electrons. The van der Waals surface area contributed by atoms with E-state index in [2.05, 4.69) is 10.2 Å². The second kappa shape index (κ2) is 6.38. The lowest BCUT2D eigenvalue weighted by atomic mass is 10.1. The second-order valence-corrected chi connectivity index (χ2v) is 4.01. The van der Waals surface area contributed by atoms with Crippen molar-refractivity contribution in [2.75, 3.05) is 6.54 Å². The number of aromatic hydroxyl groups is 1. The minimum Gasteiger partial charge on any atom is -0.507 e. The molecule has 0 atom stereocenters. The smallest absolute Gasteiger partial charge is 0.295 e. The van der Waals surface area contributed by atoms with Gasteiger partial charge in [0, 0.05) is 5.56 Å². The van der Waals surface area contributed by atoms with Crippen LogP contribution in [0.25, 0.3) is 0 Å². The third-order valence-electron chi connectivity index (χ3n) is 2.60. The first-order valence-corrected chi connectivity index (χ1v) is 5.96. The zero-order valence-corrected chi connectivity index (χ0v) is 10.6. The molecule has 0 aliphatic carbocycles. The highest BCUT2D eigenvalue weighted by Gasteiger charge is 2.10. The van der Waals surface area contributed by atoms with E-state index >= 15 is 0 Å². The number of benzene rings is 2. The highest BCUT2D eigenvalue weighted by molar-refractivity contribution is 6.00. The lowest BCUT2D eigenvalue weighted by Crippen LogP contribution is -2.04. The molecule has 2 rings (SSSR count). The standard InChI is InChI=1S/C15H12N2O3/c18-13-9-5-4-8-12(13)14(19)10-16-17-15(20)11-6-2-1-3-7-11/h1-9,18H,10H2. The monoisotopic (exact) mass is 268 g/mol. The van der Waals surface area contributed by atoms with Gasteiger partial charge in [-0.05, 0) is 24.3 Å². The van der Waals surface area contributed by atoms with Gasteiger partial charge in [-0.25, -0.2) is 0 Å². The number of azo groups is 1. The van der Waals surface area contributed by atoms with Crippen LogP contribution in [-0.4, -0.2) is 23.3 Å². The van der Waals surface area contributed by atoms with Crippen LogP contribution < -0.4 is 0 Å². The number of phenolic OH excluding ortho intramolecular Hbond substituents is 1. The maximum absolute atomic E-state index is 11.8. The largest absolute Gasteiger partial charge is 0.507 e. The quantitative estimate of drug-likeness (QED) is 0.684. The number of nitrogens with zero attached hydrogens (tertiary/aromatic N) is 2. The fraction of sp³-hybridized carbons (Fsp3) is 0.0667. The maximum Gasteiger partial charge on any atom is 0.295 e. The minimum absolute atomic E-state index is 0.109. The summed E-state index contributed by atoms with van der Waals surface area (Å²) < 4.78 is 0. The summed E-state index contributed by atoms with van der Waals surface area (Å²) in [4.78, 5) is 23.4. The Morgan fingerprint density at radius 1 is 0.950 bits per heavy atom. The van der Waals surface area contributed by atoms with E-state index < -0.39 is 11.7 Å². The van der Waals surface area contributed by atoms with Gasteiger partial charge in [0.05, 0.1) is 5.56 Å². The van der Waals surface area contributed by atoms with E-state index in [4.69, 9.17) is 0 Å². The number of Topliss-reactive ketones (excluding diaryl/α,β-unsaturated/α-hetero) is 1. The van der Waals surface area contributed by atoms with Gasteiger partial charge in [0.15, 0.2) is 5.78 Å². The van der Waals surface area contributed by atoms with E-state index in [9.17, 15) is 14.7 Å². The summed E-state index contributed by atoms with van der Waals surface area (Å²) in [5.74, 6) is -1.01. The summed E-state index contributed by atoms with van der Waals surface area (Å²) in [6, 6.07) is 14.6. The molecule has 0 bridgehead atoms. The average molecular weight is 268 g/mol. The highest BCUT2D eigenvalue weighted by Crippen LogP contribution is 2.16. The van der Waals surface area contributed by atoms with E-state index in [-0.39, 0.29) is 17.9 Å². The predicted molar refractivity (Wildman–Crippen MR) is 72.9 cm³/mol. The van der Waals surface area contributed by atoms with Gasteiger partial charge in [-0.1, -0.05) is 30.3 Å². The fourth-order valence-corrected chi connectivity index (χ4v) is 1.60. The molecule has 0 aliphatic heterocycles. The molecule has 0 unspecified atom stereocenters. The molecular weight excluding hydrogens is 256 g/mol. The molecule has 0 spiro atoms. The second-order valence-electron chi connectivity index (χ2n) is 4.01. The number of hydrogen-bond acceptors (Lipinski definition) is 4. The van der Waals surface area contributed by atoms with Gasteiger partial charge in [-0.15, -0.1) is 5.11 Å². The number of rotatable bonds is 4. The highest BCUT2D eigenvalue weighted by atomic mass is 16.3. The van der Waals surface area contributed by atoms with Crippen LogP contribution in [0.2, 0.25) is 0 Å². The summed E-state index contributed by atoms with van der Waals surface area (Å²) in [5, 5.41) is 16.6. The molecule has 0 saturated heterocycles. The Labute approximate surface area is 115 Å². The molecule has 1 N–H and O–H groups in total. The van der Waals surface area contributed by atoms with Crippen LogP contribution in [0.5, 0.6) is 5.75 Å². The van der Waals surface area contributed by atoms with Crippen LogP contribution in [0, 0.1) is 0 Å². The molecular formula is C15H12N2O3. The maximum atomic E-state index is 11.8. The van der Waals surface area contributed by atoms with E-state index in [0.717, 1.165) is 0 Å². The summed E-state index contributed by atoms with van der Waals surface area (Å²) >= 11 is 0. The van der Waals surface area contributed by atoms with Gasteiger partial charge in [-0.2, -0.15) is 5.11 Å². The van der Waals surface area contributed by atoms with Crippen molar-refractivity contribution in [3.05, 3.63) is 65.7 Å². The number of phenols is 1. The zero-order valence-electron chi connectivity index (χ0n) is 10.6. The molecule has 2 aromatic rings. The average Bonchev–Trinajstić information content (AvgIpc) is 2.48. The normalized spacial score (nSPS) is 10.6. The van der Waals surface area contributed by atoms with Crippen molar-refractivity contribution >= 4 is 11.7 Å². The zero-order chi connectivity index (χ0) is 14.4. The van der Waals surface area contributed by atoms with Crippen molar-refractivity contribution < 1.29 is 14.7 Å². The molecule has 0 heterocycles. The van der Waals surface area contributed by atoms with Crippen LogP contribution in [0.15, 0.2) is 64.8 Å². The van der Waals surface area contributed by atoms with Crippen molar-refractivity contribution in [3.8, 4) is 5.75 Å². The molecule has 5 nitrogen and oxygen atoms in total. The van der Waals surface area contributed by atoms with E-state index in [1.165, 1.54) is 12.1 Å². The summed E-state index contributed by atoms with van der Waals surface area (Å²) in [7, 11) is 0. The van der Waals surface area contributed by atoms with Gasteiger partial charge in [-0.3, -0.25) is 9.59 Å². The number of hydrogen-bond donors (Lipinski definition) is 1. The topological polar surface area (TPSA) is 79.1 Å². The van der Waals surface area contributed by atoms with Crippen molar-refractivity contribution in [1.29, 1.82) is 0 Å². The molecule has 0 aromatic heterocycles. The molecule has 0 fully saturated rings. The Kier molecular flexibility index (Phi) is 4.34. The summed E-state index contributed by atoms with van der Waals surface area (Å²) in [6.45, 7) is -0.282. The van der Waals surface area contributed by atoms with Gasteiger partial charge in [0.2, 0.25) is 0 Å². The molecule has 20 heavy (non-hydrogen) atoms. The van der Waals surface area contributed by atoms with E-state index in [1.807, 2.05) is 0 Å². The van der Waals surface area contributed by atoms with Crippen LogP contribution in [0.3, 0.4) is 0 Å². The first-order valence-electron chi connectivity index (χ1n) is 5.96. The van der Waals surface area contributed by atoms with Crippen LogP contribution in [-0.2, 0) is 0 Å². The minimum atomic E-state index is -0.504. The van der Waals surface area contributed by atoms with Gasteiger partial charge >= 0.3 is 0 Å². The van der Waals surface area contributed by atoms with Crippen molar-refractivity contribution in [1.82, 2.24) is 0 Å². The van der Waals surface area contributed by atoms with E-state index in [0.29, 0.717) is 5.56 Å². The number of para-hydroxylation sites is 1. The molecule has 5 heteroatoms. The SMILES string of the molecule is O=C(N=NCC(=O)c1ccccc1O)c1ccccc1. The Hall–Kier alpha value is -2.82. The first-order chi connectivity index (χ1) is 9.68. The molecule has 0 aliphatic rings. The van der Waals surface area contributed by atoms with Gasteiger partial charge < -0.3 is 5.11 Å². The Balaban J connectivity index is 1.99. The van der Waals surface area contributed by atoms with Gasteiger partial charge in [0.25, 0.3) is 5.91 Å². The molecule has 2 aromatic carbocycles. The Morgan fingerprint density at radius 2 is 1.60 bits per heavy atom. The summed E-state index contributed by atoms with van der Waals surface area (Å²) in [5.41, 5.74) is 0.574. The predicted octanol–water partition coefficient (Wildman–Crippen LogP) is 2.87. The Bertz CT molecular complexity index is 651. The lowest BCUT2D eigenvalue weighted by molar-refractivity contribution is 0.0985. The fourth-order valence-electron chi connectivity index (χ4n) is 1.60.